The van der Waals surface area contributed by atoms with Gasteiger partial charge in [0.05, 0.1) is 23.9 Å². The number of para-hydroxylation sites is 2. The van der Waals surface area contributed by atoms with E-state index in [1.54, 1.807) is 24.3 Å². The van der Waals surface area contributed by atoms with E-state index in [0.29, 0.717) is 23.8 Å². The van der Waals surface area contributed by atoms with Crippen molar-refractivity contribution in [3.8, 4) is 11.5 Å². The summed E-state index contributed by atoms with van der Waals surface area (Å²) in [6.45, 7) is 0.466. The number of hydrogen-bond acceptors (Lipinski definition) is 6. The van der Waals surface area contributed by atoms with E-state index in [4.69, 9.17) is 9.47 Å². The number of carbonyl (C=O) groups excluding carboxylic acids is 1. The van der Waals surface area contributed by atoms with Gasteiger partial charge >= 0.3 is 0 Å². The molecule has 0 aliphatic carbocycles. The molecule has 0 aliphatic heterocycles. The molecule has 0 aliphatic rings. The minimum atomic E-state index is -3.95. The van der Waals surface area contributed by atoms with Crippen LogP contribution >= 0.6 is 0 Å². The largest absolute Gasteiger partial charge is 0.495 e. The van der Waals surface area contributed by atoms with Crippen LogP contribution in [-0.2, 0) is 16.6 Å². The van der Waals surface area contributed by atoms with Gasteiger partial charge in [-0.1, -0.05) is 48.5 Å². The number of benzene rings is 4. The zero-order chi connectivity index (χ0) is 26.1. The molecule has 0 atom stereocenters. The Morgan fingerprint density at radius 1 is 0.892 bits per heavy atom. The quantitative estimate of drug-likeness (QED) is 0.232. The minimum absolute atomic E-state index is 0.0684. The van der Waals surface area contributed by atoms with Gasteiger partial charge in [-0.15, -0.1) is 0 Å². The molecule has 8 nitrogen and oxygen atoms in total. The summed E-state index contributed by atoms with van der Waals surface area (Å²) < 4.78 is 39.2. The summed E-state index contributed by atoms with van der Waals surface area (Å²) in [5.41, 5.74) is 4.68. The monoisotopic (exact) mass is 515 g/mol. The summed E-state index contributed by atoms with van der Waals surface area (Å²) in [4.78, 5) is 12.5. The molecule has 0 bridgehead atoms. The number of anilines is 1. The molecule has 2 N–H and O–H groups in total. The van der Waals surface area contributed by atoms with Gasteiger partial charge in [0.25, 0.3) is 15.9 Å². The van der Waals surface area contributed by atoms with Crippen LogP contribution in [0, 0.1) is 0 Å². The standard InChI is InChI=1S/C28H25N3O5S/c1-35-27-13-6-5-12-26(27)31-37(33,34)25-11-7-10-23(18-25)28(32)30-29-19-21-14-16-24(17-15-21)36-20-22-8-3-2-4-9-22/h2-19,31H,20H2,1H3,(H,30,32)/b29-19+. The van der Waals surface area contributed by atoms with Crippen molar-refractivity contribution in [1.29, 1.82) is 0 Å². The Hall–Kier alpha value is -4.63. The van der Waals surface area contributed by atoms with Crippen molar-refractivity contribution in [3.63, 3.8) is 0 Å². The van der Waals surface area contributed by atoms with Crippen LogP contribution in [0.1, 0.15) is 21.5 Å². The first-order chi connectivity index (χ1) is 17.9. The maximum Gasteiger partial charge on any atom is 0.271 e. The van der Waals surface area contributed by atoms with Gasteiger partial charge in [0.2, 0.25) is 0 Å². The van der Waals surface area contributed by atoms with E-state index >= 15 is 0 Å². The van der Waals surface area contributed by atoms with Crippen molar-refractivity contribution in [2.24, 2.45) is 5.10 Å². The van der Waals surface area contributed by atoms with Crippen LogP contribution in [-0.4, -0.2) is 27.6 Å². The molecule has 0 fully saturated rings. The van der Waals surface area contributed by atoms with Crippen molar-refractivity contribution in [1.82, 2.24) is 5.43 Å². The van der Waals surface area contributed by atoms with E-state index in [1.165, 1.54) is 37.6 Å². The van der Waals surface area contributed by atoms with E-state index in [0.717, 1.165) is 11.1 Å². The van der Waals surface area contributed by atoms with Gasteiger partial charge in [-0.05, 0) is 65.7 Å². The predicted molar refractivity (Wildman–Crippen MR) is 143 cm³/mol. The normalized spacial score (nSPS) is 11.2. The number of rotatable bonds is 10. The number of amides is 1. The molecule has 188 valence electrons. The van der Waals surface area contributed by atoms with Gasteiger partial charge in [0.15, 0.2) is 0 Å². The predicted octanol–water partition coefficient (Wildman–Crippen LogP) is 4.84. The Morgan fingerprint density at radius 3 is 2.38 bits per heavy atom. The fourth-order valence-electron chi connectivity index (χ4n) is 3.36. The minimum Gasteiger partial charge on any atom is -0.495 e. The molecule has 0 heterocycles. The van der Waals surface area contributed by atoms with Gasteiger partial charge < -0.3 is 9.47 Å². The lowest BCUT2D eigenvalue weighted by molar-refractivity contribution is 0.0955. The summed E-state index contributed by atoms with van der Waals surface area (Å²) in [7, 11) is -2.50. The molecule has 0 spiro atoms. The lowest BCUT2D eigenvalue weighted by Gasteiger charge is -2.12. The van der Waals surface area contributed by atoms with Crippen molar-refractivity contribution < 1.29 is 22.7 Å². The zero-order valence-electron chi connectivity index (χ0n) is 20.0. The second kappa shape index (κ2) is 11.9. The van der Waals surface area contributed by atoms with E-state index in [2.05, 4.69) is 15.2 Å². The number of hydrogen-bond donors (Lipinski definition) is 2. The average Bonchev–Trinajstić information content (AvgIpc) is 2.93. The molecule has 0 saturated carbocycles. The second-order valence-electron chi connectivity index (χ2n) is 7.88. The van der Waals surface area contributed by atoms with E-state index in [9.17, 15) is 13.2 Å². The van der Waals surface area contributed by atoms with Crippen molar-refractivity contribution >= 4 is 27.8 Å². The Balaban J connectivity index is 1.36. The Labute approximate surface area is 215 Å². The van der Waals surface area contributed by atoms with E-state index in [-0.39, 0.29) is 10.5 Å². The molecule has 4 aromatic carbocycles. The van der Waals surface area contributed by atoms with Gasteiger partial charge in [-0.25, -0.2) is 13.8 Å². The smallest absolute Gasteiger partial charge is 0.271 e. The van der Waals surface area contributed by atoms with Gasteiger partial charge in [-0.2, -0.15) is 5.10 Å². The first kappa shape index (κ1) is 25.5. The molecular formula is C28H25N3O5S. The fraction of sp³-hybridized carbons (Fsp3) is 0.0714. The number of ether oxygens (including phenoxy) is 2. The molecular weight excluding hydrogens is 490 g/mol. The highest BCUT2D eigenvalue weighted by Crippen LogP contribution is 2.26. The summed E-state index contributed by atoms with van der Waals surface area (Å²) in [6.07, 6.45) is 1.49. The number of carbonyl (C=O) groups is 1. The molecule has 0 saturated heterocycles. The number of hydrazone groups is 1. The Bertz CT molecular complexity index is 1490. The maximum atomic E-state index is 12.9. The summed E-state index contributed by atoms with van der Waals surface area (Å²) in [6, 6.07) is 29.4. The molecule has 1 amide bonds. The van der Waals surface area contributed by atoms with Crippen LogP contribution in [0.15, 0.2) is 113 Å². The zero-order valence-corrected chi connectivity index (χ0v) is 20.8. The van der Waals surface area contributed by atoms with Crippen molar-refractivity contribution in [2.75, 3.05) is 11.8 Å². The molecule has 0 aromatic heterocycles. The van der Waals surface area contributed by atoms with E-state index in [1.807, 2.05) is 54.6 Å². The van der Waals surface area contributed by atoms with Crippen molar-refractivity contribution in [2.45, 2.75) is 11.5 Å². The third-order valence-electron chi connectivity index (χ3n) is 5.27. The van der Waals surface area contributed by atoms with Crippen LogP contribution in [0.25, 0.3) is 0 Å². The Kier molecular flexibility index (Phi) is 8.17. The van der Waals surface area contributed by atoms with Gasteiger partial charge in [0.1, 0.15) is 18.1 Å². The summed E-state index contributed by atoms with van der Waals surface area (Å²) in [5.74, 6) is 0.545. The van der Waals surface area contributed by atoms with Crippen LogP contribution < -0.4 is 19.6 Å². The van der Waals surface area contributed by atoms with Crippen LogP contribution in [0.2, 0.25) is 0 Å². The number of methoxy groups -OCH3 is 1. The van der Waals surface area contributed by atoms with Gasteiger partial charge in [-0.3, -0.25) is 9.52 Å². The maximum absolute atomic E-state index is 12.9. The first-order valence-electron chi connectivity index (χ1n) is 11.3. The third-order valence-corrected chi connectivity index (χ3v) is 6.63. The highest BCUT2D eigenvalue weighted by Gasteiger charge is 2.18. The molecule has 37 heavy (non-hydrogen) atoms. The highest BCUT2D eigenvalue weighted by molar-refractivity contribution is 7.92. The van der Waals surface area contributed by atoms with Gasteiger partial charge in [0, 0.05) is 5.56 Å². The van der Waals surface area contributed by atoms with Crippen LogP contribution in [0.5, 0.6) is 11.5 Å². The summed E-state index contributed by atoms with van der Waals surface area (Å²) >= 11 is 0. The fourth-order valence-corrected chi connectivity index (χ4v) is 4.47. The number of nitrogens with one attached hydrogen (secondary N) is 2. The highest BCUT2D eigenvalue weighted by atomic mass is 32.2. The molecule has 4 rings (SSSR count). The number of sulfonamides is 1. The lowest BCUT2D eigenvalue weighted by atomic mass is 10.2. The lowest BCUT2D eigenvalue weighted by Crippen LogP contribution is -2.19. The number of nitrogens with zero attached hydrogens (tertiary/aromatic N) is 1. The topological polar surface area (TPSA) is 106 Å². The molecule has 0 unspecified atom stereocenters. The average molecular weight is 516 g/mol. The molecule has 4 aromatic rings. The Morgan fingerprint density at radius 2 is 1.62 bits per heavy atom. The van der Waals surface area contributed by atoms with Crippen LogP contribution in [0.3, 0.4) is 0 Å². The van der Waals surface area contributed by atoms with E-state index < -0.39 is 15.9 Å². The third kappa shape index (κ3) is 6.96. The molecule has 9 heteroatoms. The van der Waals surface area contributed by atoms with Crippen LogP contribution in [0.4, 0.5) is 5.69 Å². The SMILES string of the molecule is COc1ccccc1NS(=O)(=O)c1cccc(C(=O)N/N=C/c2ccc(OCc3ccccc3)cc2)c1. The van der Waals surface area contributed by atoms with Crippen molar-refractivity contribution in [3.05, 3.63) is 120 Å². The second-order valence-corrected chi connectivity index (χ2v) is 9.56. The summed E-state index contributed by atoms with van der Waals surface area (Å²) in [5, 5.41) is 3.98. The first-order valence-corrected chi connectivity index (χ1v) is 12.8. The molecule has 0 radical (unpaired) electrons.